The van der Waals surface area contributed by atoms with Crippen LogP contribution in [0.15, 0.2) is 24.5 Å². The van der Waals surface area contributed by atoms with Crippen molar-refractivity contribution < 1.29 is 14.7 Å². The molecule has 23 heavy (non-hydrogen) atoms. The molecule has 0 aliphatic carbocycles. The standard InChI is InChI=1S/C17H23N3O3/c21-15(1-2-16(22)23)20-12-7-17(13-20)5-10-19(11-6-17)14-3-8-18-9-4-14/h3-4,8-9H,1-2,5-7,10-13H2,(H,22,23). The summed E-state index contributed by atoms with van der Waals surface area (Å²) in [6.45, 7) is 3.56. The number of anilines is 1. The molecule has 1 spiro atoms. The molecule has 3 rings (SSSR count). The van der Waals surface area contributed by atoms with Crippen molar-refractivity contribution in [1.82, 2.24) is 9.88 Å². The molecule has 1 aromatic rings. The molecule has 3 heterocycles. The maximum atomic E-state index is 12.1. The molecule has 2 fully saturated rings. The van der Waals surface area contributed by atoms with E-state index in [-0.39, 0.29) is 24.2 Å². The quantitative estimate of drug-likeness (QED) is 0.916. The molecule has 2 saturated heterocycles. The van der Waals surface area contributed by atoms with Crippen molar-refractivity contribution in [1.29, 1.82) is 0 Å². The van der Waals surface area contributed by atoms with Gasteiger partial charge in [0.25, 0.3) is 0 Å². The minimum absolute atomic E-state index is 0.0131. The number of carboxylic acid groups (broad SMARTS) is 1. The maximum Gasteiger partial charge on any atom is 0.303 e. The van der Waals surface area contributed by atoms with Crippen molar-refractivity contribution in [2.24, 2.45) is 5.41 Å². The molecule has 6 heteroatoms. The highest BCUT2D eigenvalue weighted by Crippen LogP contribution is 2.41. The smallest absolute Gasteiger partial charge is 0.303 e. The van der Waals surface area contributed by atoms with E-state index < -0.39 is 5.97 Å². The van der Waals surface area contributed by atoms with Crippen LogP contribution in [-0.4, -0.2) is 53.0 Å². The number of hydrogen-bond acceptors (Lipinski definition) is 4. The number of carboxylic acids is 1. The van der Waals surface area contributed by atoms with E-state index >= 15 is 0 Å². The number of carbonyl (C=O) groups excluding carboxylic acids is 1. The number of pyridine rings is 1. The van der Waals surface area contributed by atoms with E-state index in [0.29, 0.717) is 0 Å². The fraction of sp³-hybridized carbons (Fsp3) is 0.588. The first kappa shape index (κ1) is 15.8. The monoisotopic (exact) mass is 317 g/mol. The zero-order valence-electron chi connectivity index (χ0n) is 13.3. The lowest BCUT2D eigenvalue weighted by atomic mass is 9.77. The number of hydrogen-bond donors (Lipinski definition) is 1. The summed E-state index contributed by atoms with van der Waals surface area (Å²) in [6, 6.07) is 4.07. The number of aliphatic carboxylic acids is 1. The van der Waals surface area contributed by atoms with Crippen LogP contribution in [0.3, 0.4) is 0 Å². The Bertz CT molecular complexity index is 568. The lowest BCUT2D eigenvalue weighted by Crippen LogP contribution is -2.42. The lowest BCUT2D eigenvalue weighted by Gasteiger charge is -2.40. The van der Waals surface area contributed by atoms with Crippen LogP contribution in [0, 0.1) is 5.41 Å². The molecule has 0 saturated carbocycles. The highest BCUT2D eigenvalue weighted by Gasteiger charge is 2.41. The van der Waals surface area contributed by atoms with Crippen LogP contribution >= 0.6 is 0 Å². The van der Waals surface area contributed by atoms with Crippen molar-refractivity contribution >= 4 is 17.6 Å². The summed E-state index contributed by atoms with van der Waals surface area (Å²) >= 11 is 0. The van der Waals surface area contributed by atoms with Gasteiger partial charge in [0.15, 0.2) is 0 Å². The zero-order chi connectivity index (χ0) is 16.3. The van der Waals surface area contributed by atoms with Crippen LogP contribution in [-0.2, 0) is 9.59 Å². The lowest BCUT2D eigenvalue weighted by molar-refractivity contribution is -0.140. The molecule has 1 N–H and O–H groups in total. The van der Waals surface area contributed by atoms with Gasteiger partial charge in [0.2, 0.25) is 5.91 Å². The summed E-state index contributed by atoms with van der Waals surface area (Å²) < 4.78 is 0. The second-order valence-electron chi connectivity index (χ2n) is 6.65. The van der Waals surface area contributed by atoms with Gasteiger partial charge in [-0.2, -0.15) is 0 Å². The van der Waals surface area contributed by atoms with Gasteiger partial charge in [-0.05, 0) is 36.8 Å². The molecule has 0 atom stereocenters. The van der Waals surface area contributed by atoms with Crippen molar-refractivity contribution in [2.45, 2.75) is 32.1 Å². The first-order chi connectivity index (χ1) is 11.1. The van der Waals surface area contributed by atoms with Crippen molar-refractivity contribution in [3.05, 3.63) is 24.5 Å². The second-order valence-corrected chi connectivity index (χ2v) is 6.65. The van der Waals surface area contributed by atoms with Crippen LogP contribution in [0.4, 0.5) is 5.69 Å². The topological polar surface area (TPSA) is 73.7 Å². The molecule has 1 aromatic heterocycles. The van der Waals surface area contributed by atoms with Crippen LogP contribution in [0.5, 0.6) is 0 Å². The Balaban J connectivity index is 1.53. The Kier molecular flexibility index (Phi) is 4.50. The predicted molar refractivity (Wildman–Crippen MR) is 86.2 cm³/mol. The summed E-state index contributed by atoms with van der Waals surface area (Å²) in [5, 5.41) is 8.70. The highest BCUT2D eigenvalue weighted by atomic mass is 16.4. The number of piperidine rings is 1. The van der Waals surface area contributed by atoms with Crippen LogP contribution in [0.2, 0.25) is 0 Å². The number of carbonyl (C=O) groups is 2. The zero-order valence-corrected chi connectivity index (χ0v) is 13.3. The summed E-state index contributed by atoms with van der Waals surface area (Å²) in [5.41, 5.74) is 1.44. The van der Waals surface area contributed by atoms with Crippen molar-refractivity contribution in [2.75, 3.05) is 31.1 Å². The summed E-state index contributed by atoms with van der Waals surface area (Å²) in [7, 11) is 0. The molecule has 2 aliphatic rings. The number of aromatic nitrogens is 1. The average molecular weight is 317 g/mol. The Morgan fingerprint density at radius 2 is 1.74 bits per heavy atom. The molecular weight excluding hydrogens is 294 g/mol. The van der Waals surface area contributed by atoms with Crippen molar-refractivity contribution in [3.63, 3.8) is 0 Å². The third-order valence-corrected chi connectivity index (χ3v) is 5.20. The Morgan fingerprint density at radius 1 is 1.09 bits per heavy atom. The molecule has 2 aliphatic heterocycles. The van der Waals surface area contributed by atoms with Gasteiger partial charge < -0.3 is 14.9 Å². The number of rotatable bonds is 4. The third-order valence-electron chi connectivity index (χ3n) is 5.20. The van der Waals surface area contributed by atoms with E-state index in [4.69, 9.17) is 5.11 Å². The van der Waals surface area contributed by atoms with Crippen LogP contribution in [0.1, 0.15) is 32.1 Å². The van der Waals surface area contributed by atoms with E-state index in [1.54, 1.807) is 0 Å². The SMILES string of the molecule is O=C(O)CCC(=O)N1CCC2(CCN(c3ccncc3)CC2)C1. The number of likely N-dealkylation sites (tertiary alicyclic amines) is 1. The summed E-state index contributed by atoms with van der Waals surface area (Å²) in [4.78, 5) is 31.0. The van der Waals surface area contributed by atoms with Crippen molar-refractivity contribution in [3.8, 4) is 0 Å². The Labute approximate surface area is 136 Å². The Morgan fingerprint density at radius 3 is 2.39 bits per heavy atom. The first-order valence-corrected chi connectivity index (χ1v) is 8.23. The van der Waals surface area contributed by atoms with E-state index in [0.717, 1.165) is 45.4 Å². The van der Waals surface area contributed by atoms with Gasteiger partial charge in [-0.15, -0.1) is 0 Å². The van der Waals surface area contributed by atoms with E-state index in [1.165, 1.54) is 5.69 Å². The number of nitrogens with zero attached hydrogens (tertiary/aromatic N) is 3. The van der Waals surface area contributed by atoms with E-state index in [2.05, 4.69) is 9.88 Å². The van der Waals surface area contributed by atoms with Gasteiger partial charge in [0, 0.05) is 50.7 Å². The third kappa shape index (κ3) is 3.63. The van der Waals surface area contributed by atoms with Gasteiger partial charge in [0.1, 0.15) is 0 Å². The minimum atomic E-state index is -0.905. The van der Waals surface area contributed by atoms with Gasteiger partial charge >= 0.3 is 5.97 Å². The molecule has 0 aromatic carbocycles. The molecule has 124 valence electrons. The minimum Gasteiger partial charge on any atom is -0.481 e. The van der Waals surface area contributed by atoms with Crippen LogP contribution < -0.4 is 4.90 Å². The molecule has 0 bridgehead atoms. The Hall–Kier alpha value is -2.11. The molecule has 0 radical (unpaired) electrons. The molecule has 6 nitrogen and oxygen atoms in total. The second kappa shape index (κ2) is 6.56. The molecule has 1 amide bonds. The fourth-order valence-corrected chi connectivity index (χ4v) is 3.72. The molecule has 0 unspecified atom stereocenters. The summed E-state index contributed by atoms with van der Waals surface area (Å²) in [6.07, 6.45) is 6.88. The van der Waals surface area contributed by atoms with Gasteiger partial charge in [0.05, 0.1) is 6.42 Å². The van der Waals surface area contributed by atoms with Crippen LogP contribution in [0.25, 0.3) is 0 Å². The van der Waals surface area contributed by atoms with Gasteiger partial charge in [-0.3, -0.25) is 14.6 Å². The fourth-order valence-electron chi connectivity index (χ4n) is 3.72. The predicted octanol–water partition coefficient (Wildman–Crippen LogP) is 1.77. The molecular formula is C17H23N3O3. The van der Waals surface area contributed by atoms with E-state index in [9.17, 15) is 9.59 Å². The van der Waals surface area contributed by atoms with Gasteiger partial charge in [-0.25, -0.2) is 0 Å². The number of amides is 1. The maximum absolute atomic E-state index is 12.1. The largest absolute Gasteiger partial charge is 0.481 e. The first-order valence-electron chi connectivity index (χ1n) is 8.23. The van der Waals surface area contributed by atoms with Gasteiger partial charge in [-0.1, -0.05) is 0 Å². The normalized spacial score (nSPS) is 20.0. The summed E-state index contributed by atoms with van der Waals surface area (Å²) in [5.74, 6) is -0.918. The average Bonchev–Trinajstić information content (AvgIpc) is 2.98. The van der Waals surface area contributed by atoms with E-state index in [1.807, 2.05) is 29.4 Å². The highest BCUT2D eigenvalue weighted by molar-refractivity contribution is 5.81.